The van der Waals surface area contributed by atoms with Gasteiger partial charge in [0.15, 0.2) is 0 Å². The molecule has 0 radical (unpaired) electrons. The molecule has 16 unspecified atom stereocenters. The molecule has 16 atom stereocenters. The molecule has 3 saturated heterocycles. The van der Waals surface area contributed by atoms with Gasteiger partial charge in [0.25, 0.3) is 0 Å². The molecule has 12 aliphatic rings. The highest BCUT2D eigenvalue weighted by molar-refractivity contribution is 8.00. The lowest BCUT2D eigenvalue weighted by Crippen LogP contribution is -2.67. The van der Waals surface area contributed by atoms with Crippen LogP contribution >= 0.6 is 23.5 Å². The second-order valence-corrected chi connectivity index (χ2v) is 27.1. The van der Waals surface area contributed by atoms with Gasteiger partial charge in [-0.2, -0.15) is 23.5 Å². The lowest BCUT2D eigenvalue weighted by atomic mass is 9.66. The van der Waals surface area contributed by atoms with Gasteiger partial charge in [0.1, 0.15) is 0 Å². The Hall–Kier alpha value is 0.540. The van der Waals surface area contributed by atoms with Gasteiger partial charge in [-0.1, -0.05) is 83.5 Å². The largest absolute Gasteiger partial charge is 0.372 e. The van der Waals surface area contributed by atoms with E-state index in [0.717, 1.165) is 99.0 Å². The van der Waals surface area contributed by atoms with Crippen molar-refractivity contribution >= 4 is 23.5 Å². The zero-order valence-electron chi connectivity index (χ0n) is 38.3. The molecule has 3 heterocycles. The molecule has 0 aromatic rings. The monoisotopic (exact) mass is 860 g/mol. The second-order valence-electron chi connectivity index (χ2n) is 24.1. The van der Waals surface area contributed by atoms with Gasteiger partial charge in [-0.3, -0.25) is 14.7 Å². The molecule has 6 heteroatoms. The van der Waals surface area contributed by atoms with Crippen molar-refractivity contribution in [1.29, 1.82) is 0 Å². The molecule has 338 valence electrons. The first kappa shape index (κ1) is 41.9. The number of nitrogens with zero attached hydrogens (tertiary/aromatic N) is 3. The summed E-state index contributed by atoms with van der Waals surface area (Å²) in [5.74, 6) is 3.74. The topological polar surface area (TPSA) is 19.0 Å². The van der Waals surface area contributed by atoms with Crippen molar-refractivity contribution in [1.82, 2.24) is 14.7 Å². The smallest absolute Gasteiger partial charge is 0.0737 e. The van der Waals surface area contributed by atoms with E-state index in [0.29, 0.717) is 12.2 Å². The maximum atomic E-state index is 7.74. The third-order valence-electron chi connectivity index (χ3n) is 21.2. The first-order valence-electron chi connectivity index (χ1n) is 28.0. The molecule has 60 heavy (non-hydrogen) atoms. The molecule has 0 bridgehead atoms. The van der Waals surface area contributed by atoms with E-state index in [9.17, 15) is 0 Å². The first-order chi connectivity index (χ1) is 29.7. The average Bonchev–Trinajstić information content (AvgIpc) is 3.31. The highest BCUT2D eigenvalue weighted by Crippen LogP contribution is 2.56. The molecular formula is C54H89N3OS2. The van der Waals surface area contributed by atoms with Crippen LogP contribution in [0.3, 0.4) is 0 Å². The van der Waals surface area contributed by atoms with E-state index in [1.807, 2.05) is 0 Å². The van der Waals surface area contributed by atoms with Crippen molar-refractivity contribution in [2.24, 2.45) is 23.7 Å². The second kappa shape index (κ2) is 18.7. The summed E-state index contributed by atoms with van der Waals surface area (Å²) < 4.78 is 7.74. The van der Waals surface area contributed by atoms with Gasteiger partial charge in [-0.15, -0.1) is 0 Å². The molecule has 0 amide bonds. The molecule has 9 aliphatic carbocycles. The van der Waals surface area contributed by atoms with E-state index in [2.05, 4.69) is 38.2 Å². The number of thioether (sulfide) groups is 2. The zero-order valence-corrected chi connectivity index (χ0v) is 39.9. The minimum Gasteiger partial charge on any atom is -0.372 e. The Morgan fingerprint density at radius 1 is 0.267 bits per heavy atom. The van der Waals surface area contributed by atoms with Crippen LogP contribution in [-0.4, -0.2) is 102 Å². The van der Waals surface area contributed by atoms with Crippen LogP contribution in [0.15, 0.2) is 0 Å². The Balaban J connectivity index is 0.733. The first-order valence-corrected chi connectivity index (χ1v) is 29.9. The SMILES string of the molecule is C1CCC(N2C3CCC(C4CCC5C(C4)SC4CCCCC4N5C4CCCCC4)CC3OC3CC(C4CCC5C(C4)SC4CCCCC4N5C4CCCCC4)CCC32)CC1. The Labute approximate surface area is 377 Å². The van der Waals surface area contributed by atoms with Crippen LogP contribution in [0.2, 0.25) is 0 Å². The highest BCUT2D eigenvalue weighted by Gasteiger charge is 2.55. The number of fused-ring (bicyclic) bond motifs is 6. The summed E-state index contributed by atoms with van der Waals surface area (Å²) in [7, 11) is 0. The van der Waals surface area contributed by atoms with Gasteiger partial charge in [0.2, 0.25) is 0 Å². The number of ether oxygens (including phenoxy) is 1. The van der Waals surface area contributed by atoms with Crippen molar-refractivity contribution in [3.8, 4) is 0 Å². The Morgan fingerprint density at radius 2 is 0.583 bits per heavy atom. The highest BCUT2D eigenvalue weighted by atomic mass is 32.2. The van der Waals surface area contributed by atoms with Gasteiger partial charge in [0.05, 0.1) is 12.2 Å². The molecule has 12 rings (SSSR count). The average molecular weight is 860 g/mol. The fourth-order valence-electron chi connectivity index (χ4n) is 18.6. The fourth-order valence-corrected chi connectivity index (χ4v) is 22.6. The summed E-state index contributed by atoms with van der Waals surface area (Å²) in [5, 5.41) is 3.69. The summed E-state index contributed by atoms with van der Waals surface area (Å²) >= 11 is 5.08. The summed E-state index contributed by atoms with van der Waals surface area (Å²) in [6, 6.07) is 7.70. The Morgan fingerprint density at radius 3 is 1.00 bits per heavy atom. The molecule has 0 N–H and O–H groups in total. The zero-order chi connectivity index (χ0) is 39.6. The lowest BCUT2D eigenvalue weighted by Gasteiger charge is -2.60. The van der Waals surface area contributed by atoms with Crippen LogP contribution in [0, 0.1) is 23.7 Å². The van der Waals surface area contributed by atoms with Crippen molar-refractivity contribution in [3.63, 3.8) is 0 Å². The van der Waals surface area contributed by atoms with Crippen LogP contribution in [0.5, 0.6) is 0 Å². The normalized spacial score (nSPS) is 49.4. The van der Waals surface area contributed by atoms with Crippen LogP contribution in [-0.2, 0) is 4.74 Å². The number of hydrogen-bond acceptors (Lipinski definition) is 6. The van der Waals surface area contributed by atoms with E-state index in [-0.39, 0.29) is 0 Å². The molecule has 0 aromatic carbocycles. The standard InChI is InChI=1S/C54H89N3OS2/c1-4-14-40(15-5-1)55-43-28-24-36(38-26-30-47-53(34-38)59-51-22-12-10-20-45(51)56(47)41-16-6-2-7-17-41)32-49(43)58-50-33-37(25-29-44(50)55)39-27-31-48-54(35-39)60-52-23-13-11-21-46(52)57(48)42-18-8-3-9-19-42/h36-54H,1-35H2. The minimum absolute atomic E-state index is 0.515. The van der Waals surface area contributed by atoms with Crippen LogP contribution < -0.4 is 0 Å². The van der Waals surface area contributed by atoms with E-state index in [1.165, 1.54) is 225 Å². The van der Waals surface area contributed by atoms with Crippen molar-refractivity contribution in [3.05, 3.63) is 0 Å². The quantitative estimate of drug-likeness (QED) is 0.272. The molecule has 4 nitrogen and oxygen atoms in total. The van der Waals surface area contributed by atoms with Gasteiger partial charge >= 0.3 is 0 Å². The summed E-state index contributed by atoms with van der Waals surface area (Å²) in [6.45, 7) is 0. The summed E-state index contributed by atoms with van der Waals surface area (Å²) in [4.78, 5) is 9.80. The van der Waals surface area contributed by atoms with Crippen molar-refractivity contribution in [2.75, 3.05) is 0 Å². The third kappa shape index (κ3) is 8.12. The van der Waals surface area contributed by atoms with Crippen LogP contribution in [0.1, 0.15) is 225 Å². The van der Waals surface area contributed by atoms with Gasteiger partial charge in [-0.05, 0) is 165 Å². The number of morpholine rings is 1. The van der Waals surface area contributed by atoms with E-state index >= 15 is 0 Å². The van der Waals surface area contributed by atoms with Gasteiger partial charge in [-0.25, -0.2) is 0 Å². The maximum Gasteiger partial charge on any atom is 0.0737 e. The summed E-state index contributed by atoms with van der Waals surface area (Å²) in [6.07, 6.45) is 53.3. The third-order valence-corrected chi connectivity index (χ3v) is 24.7. The molecule has 0 spiro atoms. The minimum atomic E-state index is 0.515. The van der Waals surface area contributed by atoms with Gasteiger partial charge < -0.3 is 4.74 Å². The van der Waals surface area contributed by atoms with Crippen molar-refractivity contribution in [2.45, 2.75) is 312 Å². The fraction of sp³-hybridized carbons (Fsp3) is 1.00. The van der Waals surface area contributed by atoms with Gasteiger partial charge in [0, 0.05) is 75.4 Å². The van der Waals surface area contributed by atoms with Crippen molar-refractivity contribution < 1.29 is 4.74 Å². The molecule has 0 aromatic heterocycles. The number of rotatable bonds is 5. The van der Waals surface area contributed by atoms with E-state index in [4.69, 9.17) is 4.74 Å². The van der Waals surface area contributed by atoms with Crippen LogP contribution in [0.4, 0.5) is 0 Å². The number of hydrogen-bond donors (Lipinski definition) is 0. The molecule has 9 saturated carbocycles. The molecular weight excluding hydrogens is 771 g/mol. The molecule has 3 aliphatic heterocycles. The maximum absolute atomic E-state index is 7.74. The lowest BCUT2D eigenvalue weighted by molar-refractivity contribution is -0.205. The molecule has 12 fully saturated rings. The van der Waals surface area contributed by atoms with E-state index in [1.54, 1.807) is 0 Å². The Kier molecular flexibility index (Phi) is 13.0. The predicted octanol–water partition coefficient (Wildman–Crippen LogP) is 13.2. The predicted molar refractivity (Wildman–Crippen MR) is 254 cm³/mol. The Bertz CT molecular complexity index is 1320. The summed E-state index contributed by atoms with van der Waals surface area (Å²) in [5.41, 5.74) is 0. The van der Waals surface area contributed by atoms with E-state index < -0.39 is 0 Å². The van der Waals surface area contributed by atoms with Crippen LogP contribution in [0.25, 0.3) is 0 Å².